The Bertz CT molecular complexity index is 606. The fraction of sp³-hybridized carbons (Fsp3) is 0.412. The van der Waals surface area contributed by atoms with Gasteiger partial charge in [-0.25, -0.2) is 0 Å². The van der Waals surface area contributed by atoms with Gasteiger partial charge in [-0.3, -0.25) is 4.79 Å². The van der Waals surface area contributed by atoms with Gasteiger partial charge in [-0.05, 0) is 18.9 Å². The Morgan fingerprint density at radius 1 is 1.24 bits per heavy atom. The molecule has 1 aromatic heterocycles. The van der Waals surface area contributed by atoms with Crippen LogP contribution in [0, 0.1) is 6.92 Å². The zero-order valence-corrected chi connectivity index (χ0v) is 13.1. The fourth-order valence-electron chi connectivity index (χ4n) is 1.91. The van der Waals surface area contributed by atoms with Gasteiger partial charge in [0.2, 0.25) is 5.91 Å². The van der Waals surface area contributed by atoms with Gasteiger partial charge in [0.15, 0.2) is 5.82 Å². The van der Waals surface area contributed by atoms with Crippen molar-refractivity contribution >= 4 is 11.7 Å². The molecule has 0 bridgehead atoms. The lowest BCUT2D eigenvalue weighted by Crippen LogP contribution is -2.13. The smallest absolute Gasteiger partial charge is 0.225 e. The summed E-state index contributed by atoms with van der Waals surface area (Å²) >= 11 is 0. The number of aromatic nitrogens is 1. The first-order valence-electron chi connectivity index (χ1n) is 7.17. The summed E-state index contributed by atoms with van der Waals surface area (Å²) in [6.45, 7) is 8.16. The average molecular weight is 286 g/mol. The number of amides is 1. The van der Waals surface area contributed by atoms with Crippen LogP contribution in [0.5, 0.6) is 0 Å². The second-order valence-electron chi connectivity index (χ2n) is 6.36. The van der Waals surface area contributed by atoms with E-state index in [0.29, 0.717) is 12.2 Å². The predicted molar refractivity (Wildman–Crippen MR) is 83.3 cm³/mol. The third kappa shape index (κ3) is 4.45. The van der Waals surface area contributed by atoms with Crippen LogP contribution in [-0.2, 0) is 16.6 Å². The number of hydrogen-bond donors (Lipinski definition) is 1. The molecule has 0 aliphatic heterocycles. The molecule has 2 aromatic rings. The van der Waals surface area contributed by atoms with Crippen molar-refractivity contribution in [2.75, 3.05) is 5.32 Å². The van der Waals surface area contributed by atoms with Crippen LogP contribution in [0.4, 0.5) is 5.82 Å². The van der Waals surface area contributed by atoms with E-state index in [1.807, 2.05) is 27.7 Å². The lowest BCUT2D eigenvalue weighted by molar-refractivity contribution is -0.116. The Morgan fingerprint density at radius 2 is 1.90 bits per heavy atom. The molecular weight excluding hydrogens is 264 g/mol. The predicted octanol–water partition coefficient (Wildman–Crippen LogP) is 3.85. The first-order valence-corrected chi connectivity index (χ1v) is 7.17. The second kappa shape index (κ2) is 6.12. The maximum Gasteiger partial charge on any atom is 0.225 e. The van der Waals surface area contributed by atoms with Crippen LogP contribution < -0.4 is 5.32 Å². The number of hydrogen-bond acceptors (Lipinski definition) is 3. The number of rotatable bonds is 4. The molecular formula is C17H22N2O2. The molecule has 4 heteroatoms. The summed E-state index contributed by atoms with van der Waals surface area (Å²) < 4.78 is 5.24. The van der Waals surface area contributed by atoms with Crippen molar-refractivity contribution in [3.05, 3.63) is 47.2 Å². The van der Waals surface area contributed by atoms with Gasteiger partial charge in [-0.1, -0.05) is 55.8 Å². The highest BCUT2D eigenvalue weighted by Crippen LogP contribution is 2.24. The molecule has 112 valence electrons. The standard InChI is InChI=1S/C17H22N2O2/c1-12-5-7-13(8-6-12)9-10-16(20)18-15-11-14(21-19-15)17(2,3)4/h5-8,11H,9-10H2,1-4H3,(H,18,19,20). The van der Waals surface area contributed by atoms with Crippen LogP contribution >= 0.6 is 0 Å². The van der Waals surface area contributed by atoms with Gasteiger partial charge < -0.3 is 9.84 Å². The Labute approximate surface area is 125 Å². The summed E-state index contributed by atoms with van der Waals surface area (Å²) in [4.78, 5) is 11.9. The summed E-state index contributed by atoms with van der Waals surface area (Å²) in [6.07, 6.45) is 1.15. The molecule has 1 aromatic carbocycles. The van der Waals surface area contributed by atoms with E-state index in [1.165, 1.54) is 5.56 Å². The fourth-order valence-corrected chi connectivity index (χ4v) is 1.91. The Kier molecular flexibility index (Phi) is 4.46. The van der Waals surface area contributed by atoms with Gasteiger partial charge in [-0.15, -0.1) is 0 Å². The van der Waals surface area contributed by atoms with Crippen molar-refractivity contribution in [3.8, 4) is 0 Å². The van der Waals surface area contributed by atoms with Crippen LogP contribution in [0.2, 0.25) is 0 Å². The number of carbonyl (C=O) groups excluding carboxylic acids is 1. The highest BCUT2D eigenvalue weighted by atomic mass is 16.5. The average Bonchev–Trinajstić information content (AvgIpc) is 2.86. The maximum atomic E-state index is 11.9. The highest BCUT2D eigenvalue weighted by molar-refractivity contribution is 5.89. The molecule has 0 saturated carbocycles. The van der Waals surface area contributed by atoms with Crippen LogP contribution in [0.3, 0.4) is 0 Å². The zero-order valence-electron chi connectivity index (χ0n) is 13.1. The van der Waals surface area contributed by atoms with E-state index in [4.69, 9.17) is 4.52 Å². The minimum absolute atomic E-state index is 0.0515. The van der Waals surface area contributed by atoms with Crippen LogP contribution in [0.1, 0.15) is 44.1 Å². The molecule has 2 rings (SSSR count). The van der Waals surface area contributed by atoms with E-state index in [1.54, 1.807) is 6.07 Å². The molecule has 0 radical (unpaired) electrons. The number of nitrogens with zero attached hydrogens (tertiary/aromatic N) is 1. The Balaban J connectivity index is 1.87. The van der Waals surface area contributed by atoms with Gasteiger partial charge >= 0.3 is 0 Å². The van der Waals surface area contributed by atoms with Crippen LogP contribution in [0.15, 0.2) is 34.9 Å². The van der Waals surface area contributed by atoms with Crippen molar-refractivity contribution in [3.63, 3.8) is 0 Å². The van der Waals surface area contributed by atoms with Crippen molar-refractivity contribution in [1.82, 2.24) is 5.16 Å². The molecule has 0 saturated heterocycles. The van der Waals surface area contributed by atoms with Gasteiger partial charge in [-0.2, -0.15) is 0 Å². The third-order valence-corrected chi connectivity index (χ3v) is 3.28. The molecule has 1 heterocycles. The number of carbonyl (C=O) groups is 1. The number of nitrogens with one attached hydrogen (secondary N) is 1. The summed E-state index contributed by atoms with van der Waals surface area (Å²) in [5, 5.41) is 6.65. The topological polar surface area (TPSA) is 55.1 Å². The van der Waals surface area contributed by atoms with Crippen LogP contribution in [-0.4, -0.2) is 11.1 Å². The van der Waals surface area contributed by atoms with Crippen molar-refractivity contribution in [1.29, 1.82) is 0 Å². The second-order valence-corrected chi connectivity index (χ2v) is 6.36. The maximum absolute atomic E-state index is 11.9. The van der Waals surface area contributed by atoms with Gasteiger partial charge in [0.25, 0.3) is 0 Å². The van der Waals surface area contributed by atoms with E-state index in [-0.39, 0.29) is 11.3 Å². The molecule has 21 heavy (non-hydrogen) atoms. The Morgan fingerprint density at radius 3 is 2.48 bits per heavy atom. The minimum Gasteiger partial charge on any atom is -0.359 e. The van der Waals surface area contributed by atoms with Crippen molar-refractivity contribution in [2.24, 2.45) is 0 Å². The number of benzene rings is 1. The number of anilines is 1. The largest absolute Gasteiger partial charge is 0.359 e. The summed E-state index contributed by atoms with van der Waals surface area (Å²) in [6, 6.07) is 10.00. The summed E-state index contributed by atoms with van der Waals surface area (Å²) in [5.74, 6) is 1.19. The SMILES string of the molecule is Cc1ccc(CCC(=O)Nc2cc(C(C)(C)C)on2)cc1. The lowest BCUT2D eigenvalue weighted by atomic mass is 9.93. The van der Waals surface area contributed by atoms with E-state index in [9.17, 15) is 4.79 Å². The molecule has 1 amide bonds. The molecule has 0 fully saturated rings. The molecule has 0 spiro atoms. The van der Waals surface area contributed by atoms with Gasteiger partial charge in [0.1, 0.15) is 5.76 Å². The number of aryl methyl sites for hydroxylation is 2. The van der Waals surface area contributed by atoms with E-state index < -0.39 is 0 Å². The first kappa shape index (κ1) is 15.3. The molecule has 4 nitrogen and oxygen atoms in total. The van der Waals surface area contributed by atoms with E-state index in [2.05, 4.69) is 34.7 Å². The quantitative estimate of drug-likeness (QED) is 0.928. The molecule has 0 aliphatic rings. The van der Waals surface area contributed by atoms with E-state index in [0.717, 1.165) is 17.7 Å². The van der Waals surface area contributed by atoms with Crippen molar-refractivity contribution < 1.29 is 9.32 Å². The molecule has 0 aliphatic carbocycles. The van der Waals surface area contributed by atoms with Gasteiger partial charge in [0.05, 0.1) is 0 Å². The van der Waals surface area contributed by atoms with Crippen molar-refractivity contribution in [2.45, 2.75) is 46.0 Å². The summed E-state index contributed by atoms with van der Waals surface area (Å²) in [7, 11) is 0. The first-order chi connectivity index (χ1) is 9.84. The van der Waals surface area contributed by atoms with Crippen LogP contribution in [0.25, 0.3) is 0 Å². The minimum atomic E-state index is -0.113. The monoisotopic (exact) mass is 286 g/mol. The highest BCUT2D eigenvalue weighted by Gasteiger charge is 2.20. The van der Waals surface area contributed by atoms with Gasteiger partial charge in [0, 0.05) is 17.9 Å². The summed E-state index contributed by atoms with van der Waals surface area (Å²) in [5.41, 5.74) is 2.27. The Hall–Kier alpha value is -2.10. The van der Waals surface area contributed by atoms with E-state index >= 15 is 0 Å². The lowest BCUT2D eigenvalue weighted by Gasteiger charge is -2.12. The zero-order chi connectivity index (χ0) is 15.5. The molecule has 0 atom stereocenters. The normalized spacial score (nSPS) is 11.4. The molecule has 1 N–H and O–H groups in total. The molecule has 0 unspecified atom stereocenters. The third-order valence-electron chi connectivity index (χ3n) is 3.28.